The number of benzene rings is 1. The zero-order valence-corrected chi connectivity index (χ0v) is 17.1. The van der Waals surface area contributed by atoms with Gasteiger partial charge in [0.2, 0.25) is 5.91 Å². The molecule has 0 spiro atoms. The van der Waals surface area contributed by atoms with E-state index in [9.17, 15) is 9.59 Å². The third kappa shape index (κ3) is 4.68. The molecule has 0 saturated carbocycles. The van der Waals surface area contributed by atoms with Crippen molar-refractivity contribution in [3.63, 3.8) is 0 Å². The molecular formula is C22H22ClN5O2. The van der Waals surface area contributed by atoms with Gasteiger partial charge in [0.1, 0.15) is 0 Å². The monoisotopic (exact) mass is 423 g/mol. The normalized spacial score (nSPS) is 14.5. The standard InChI is InChI=1S/C22H22ClN5O2/c23-19-4-1-5-20(11-19)28-15-18(14-26-28)22(30)27-9-6-17(7-10-27)21(29)25-13-16-3-2-8-24-12-16/h1-5,8,11-12,14-15,17H,6-7,9-10,13H2,(H,25,29). The SMILES string of the molecule is O=C(NCc1cccnc1)C1CCN(C(=O)c2cnn(-c3cccc(Cl)c3)c2)CC1. The van der Waals surface area contributed by atoms with Gasteiger partial charge in [0.05, 0.1) is 17.4 Å². The van der Waals surface area contributed by atoms with Gasteiger partial charge in [-0.05, 0) is 42.7 Å². The van der Waals surface area contributed by atoms with Gasteiger partial charge in [-0.1, -0.05) is 23.7 Å². The molecule has 2 aromatic heterocycles. The number of likely N-dealkylation sites (tertiary alicyclic amines) is 1. The second-order valence-corrected chi connectivity index (χ2v) is 7.74. The molecule has 1 aliphatic rings. The Balaban J connectivity index is 1.31. The van der Waals surface area contributed by atoms with Crippen LogP contribution in [0.3, 0.4) is 0 Å². The summed E-state index contributed by atoms with van der Waals surface area (Å²) in [6.07, 6.45) is 8.01. The Labute approximate surface area is 179 Å². The number of hydrogen-bond donors (Lipinski definition) is 1. The van der Waals surface area contributed by atoms with E-state index in [1.54, 1.807) is 46.5 Å². The molecule has 7 nitrogen and oxygen atoms in total. The smallest absolute Gasteiger partial charge is 0.257 e. The number of nitrogens with one attached hydrogen (secondary N) is 1. The van der Waals surface area contributed by atoms with E-state index in [-0.39, 0.29) is 17.7 Å². The number of amides is 2. The molecule has 3 heterocycles. The maximum Gasteiger partial charge on any atom is 0.257 e. The highest BCUT2D eigenvalue weighted by Crippen LogP contribution is 2.20. The van der Waals surface area contributed by atoms with Gasteiger partial charge in [-0.25, -0.2) is 4.68 Å². The van der Waals surface area contributed by atoms with Crippen LogP contribution in [0, 0.1) is 5.92 Å². The fourth-order valence-corrected chi connectivity index (χ4v) is 3.74. The average Bonchev–Trinajstić information content (AvgIpc) is 3.28. The van der Waals surface area contributed by atoms with Crippen molar-refractivity contribution in [3.8, 4) is 5.69 Å². The van der Waals surface area contributed by atoms with Crippen LogP contribution in [-0.4, -0.2) is 44.6 Å². The molecule has 30 heavy (non-hydrogen) atoms. The van der Waals surface area contributed by atoms with Crippen molar-refractivity contribution >= 4 is 23.4 Å². The van der Waals surface area contributed by atoms with Gasteiger partial charge >= 0.3 is 0 Å². The lowest BCUT2D eigenvalue weighted by Crippen LogP contribution is -2.42. The van der Waals surface area contributed by atoms with Crippen molar-refractivity contribution in [1.82, 2.24) is 25.0 Å². The fraction of sp³-hybridized carbons (Fsp3) is 0.273. The van der Waals surface area contributed by atoms with E-state index in [1.807, 2.05) is 24.3 Å². The first-order valence-corrected chi connectivity index (χ1v) is 10.2. The minimum atomic E-state index is -0.0834. The Kier molecular flexibility index (Phi) is 6.09. The summed E-state index contributed by atoms with van der Waals surface area (Å²) in [7, 11) is 0. The first-order valence-electron chi connectivity index (χ1n) is 9.86. The van der Waals surface area contributed by atoms with Gasteiger partial charge in [-0.3, -0.25) is 14.6 Å². The minimum absolute atomic E-state index is 0.0275. The molecule has 0 atom stereocenters. The Morgan fingerprint density at radius 1 is 1.13 bits per heavy atom. The van der Waals surface area contributed by atoms with Crippen molar-refractivity contribution in [2.45, 2.75) is 19.4 Å². The highest BCUT2D eigenvalue weighted by Gasteiger charge is 2.28. The molecule has 1 N–H and O–H groups in total. The lowest BCUT2D eigenvalue weighted by atomic mass is 9.95. The van der Waals surface area contributed by atoms with Gasteiger partial charge in [0.15, 0.2) is 0 Å². The van der Waals surface area contributed by atoms with Gasteiger partial charge in [-0.15, -0.1) is 0 Å². The highest BCUT2D eigenvalue weighted by atomic mass is 35.5. The second-order valence-electron chi connectivity index (χ2n) is 7.30. The van der Waals surface area contributed by atoms with Crippen LogP contribution < -0.4 is 5.32 Å². The van der Waals surface area contributed by atoms with E-state index in [2.05, 4.69) is 15.4 Å². The maximum absolute atomic E-state index is 12.8. The number of rotatable bonds is 5. The number of hydrogen-bond acceptors (Lipinski definition) is 4. The third-order valence-corrected chi connectivity index (χ3v) is 5.48. The number of carbonyl (C=O) groups excluding carboxylic acids is 2. The van der Waals surface area contributed by atoms with E-state index in [0.29, 0.717) is 43.1 Å². The van der Waals surface area contributed by atoms with Crippen LogP contribution in [0.25, 0.3) is 5.69 Å². The van der Waals surface area contributed by atoms with Crippen LogP contribution in [0.2, 0.25) is 5.02 Å². The Hall–Kier alpha value is -3.19. The molecule has 1 saturated heterocycles. The predicted molar refractivity (Wildman–Crippen MR) is 113 cm³/mol. The van der Waals surface area contributed by atoms with Gasteiger partial charge in [0, 0.05) is 49.2 Å². The van der Waals surface area contributed by atoms with E-state index in [0.717, 1.165) is 11.3 Å². The van der Waals surface area contributed by atoms with E-state index in [1.165, 1.54) is 0 Å². The van der Waals surface area contributed by atoms with Gasteiger partial charge in [-0.2, -0.15) is 5.10 Å². The summed E-state index contributed by atoms with van der Waals surface area (Å²) in [5, 5.41) is 7.86. The zero-order valence-electron chi connectivity index (χ0n) is 16.4. The third-order valence-electron chi connectivity index (χ3n) is 5.24. The van der Waals surface area contributed by atoms with Crippen LogP contribution >= 0.6 is 11.6 Å². The Bertz CT molecular complexity index is 1030. The number of halogens is 1. The quantitative estimate of drug-likeness (QED) is 0.683. The number of piperidine rings is 1. The van der Waals surface area contributed by atoms with Crippen LogP contribution in [0.5, 0.6) is 0 Å². The predicted octanol–water partition coefficient (Wildman–Crippen LogP) is 3.09. The Morgan fingerprint density at radius 3 is 2.70 bits per heavy atom. The molecule has 4 rings (SSSR count). The molecule has 1 fully saturated rings. The molecular weight excluding hydrogens is 402 g/mol. The molecule has 8 heteroatoms. The largest absolute Gasteiger partial charge is 0.352 e. The number of pyridine rings is 1. The Morgan fingerprint density at radius 2 is 1.97 bits per heavy atom. The first-order chi connectivity index (χ1) is 14.6. The fourth-order valence-electron chi connectivity index (χ4n) is 3.56. The van der Waals surface area contributed by atoms with Crippen molar-refractivity contribution in [3.05, 3.63) is 77.3 Å². The summed E-state index contributed by atoms with van der Waals surface area (Å²) in [4.78, 5) is 31.1. The van der Waals surface area contributed by atoms with Gasteiger partial charge in [0.25, 0.3) is 5.91 Å². The number of nitrogens with zero attached hydrogens (tertiary/aromatic N) is 4. The summed E-state index contributed by atoms with van der Waals surface area (Å²) < 4.78 is 1.64. The number of carbonyl (C=O) groups is 2. The maximum atomic E-state index is 12.8. The molecule has 154 valence electrons. The topological polar surface area (TPSA) is 80.1 Å². The summed E-state index contributed by atoms with van der Waals surface area (Å²) in [6.45, 7) is 1.56. The molecule has 0 unspecified atom stereocenters. The summed E-state index contributed by atoms with van der Waals surface area (Å²) in [6, 6.07) is 11.1. The van der Waals surface area contributed by atoms with Gasteiger partial charge < -0.3 is 10.2 Å². The van der Waals surface area contributed by atoms with Crippen molar-refractivity contribution in [1.29, 1.82) is 0 Å². The molecule has 0 radical (unpaired) electrons. The van der Waals surface area contributed by atoms with Crippen molar-refractivity contribution in [2.24, 2.45) is 5.92 Å². The summed E-state index contributed by atoms with van der Waals surface area (Å²) >= 11 is 6.03. The minimum Gasteiger partial charge on any atom is -0.352 e. The first kappa shape index (κ1) is 20.1. The van der Waals surface area contributed by atoms with Crippen LogP contribution in [0.4, 0.5) is 0 Å². The number of aromatic nitrogens is 3. The van der Waals surface area contributed by atoms with E-state index < -0.39 is 0 Å². The second kappa shape index (κ2) is 9.09. The van der Waals surface area contributed by atoms with Crippen LogP contribution in [0.1, 0.15) is 28.8 Å². The summed E-state index contributed by atoms with van der Waals surface area (Å²) in [5.41, 5.74) is 2.29. The molecule has 0 aliphatic carbocycles. The van der Waals surface area contributed by atoms with Crippen LogP contribution in [-0.2, 0) is 11.3 Å². The van der Waals surface area contributed by atoms with Crippen molar-refractivity contribution < 1.29 is 9.59 Å². The lowest BCUT2D eigenvalue weighted by Gasteiger charge is -2.31. The van der Waals surface area contributed by atoms with Crippen molar-refractivity contribution in [2.75, 3.05) is 13.1 Å². The highest BCUT2D eigenvalue weighted by molar-refractivity contribution is 6.30. The molecule has 2 amide bonds. The van der Waals surface area contributed by atoms with E-state index in [4.69, 9.17) is 11.6 Å². The molecule has 3 aromatic rings. The van der Waals surface area contributed by atoms with E-state index >= 15 is 0 Å². The molecule has 0 bridgehead atoms. The lowest BCUT2D eigenvalue weighted by molar-refractivity contribution is -0.126. The van der Waals surface area contributed by atoms with Crippen LogP contribution in [0.15, 0.2) is 61.2 Å². The zero-order chi connectivity index (χ0) is 20.9. The molecule has 1 aromatic carbocycles. The summed E-state index contributed by atoms with van der Waals surface area (Å²) in [5.74, 6) is -0.128. The average molecular weight is 424 g/mol. The molecule has 1 aliphatic heterocycles.